The van der Waals surface area contributed by atoms with Crippen molar-refractivity contribution in [1.29, 1.82) is 5.41 Å². The highest BCUT2D eigenvalue weighted by Crippen LogP contribution is 2.18. The van der Waals surface area contributed by atoms with Crippen LogP contribution in [0.4, 0.5) is 0 Å². The van der Waals surface area contributed by atoms with Crippen molar-refractivity contribution in [3.63, 3.8) is 0 Å². The Morgan fingerprint density at radius 3 is 2.39 bits per heavy atom. The van der Waals surface area contributed by atoms with Gasteiger partial charge in [0.2, 0.25) is 0 Å². The fourth-order valence-corrected chi connectivity index (χ4v) is 2.20. The first-order chi connectivity index (χ1) is 8.19. The van der Waals surface area contributed by atoms with E-state index in [1.807, 2.05) is 12.1 Å². The number of hydrogen-bond donors (Lipinski definition) is 2. The van der Waals surface area contributed by atoms with E-state index >= 15 is 0 Å². The summed E-state index contributed by atoms with van der Waals surface area (Å²) >= 11 is 0. The van der Waals surface area contributed by atoms with Crippen molar-refractivity contribution in [1.82, 2.24) is 4.90 Å². The van der Waals surface area contributed by atoms with Gasteiger partial charge >= 0.3 is 0 Å². The molecular formula is C15H25N3. The van der Waals surface area contributed by atoms with Crippen molar-refractivity contribution in [2.75, 3.05) is 13.6 Å². The molecule has 18 heavy (non-hydrogen) atoms. The second-order valence-electron chi connectivity index (χ2n) is 6.29. The molecule has 0 aromatic heterocycles. The number of hydrogen-bond acceptors (Lipinski definition) is 2. The van der Waals surface area contributed by atoms with E-state index in [2.05, 4.69) is 45.7 Å². The number of benzene rings is 1. The Kier molecular flexibility index (Phi) is 4.52. The standard InChI is InChI=1S/C15H25N3/c1-11-8-12(14(16)17)6-7-13(11)9-18(5)10-15(2,3)4/h6-8H,9-10H2,1-5H3,(H3,16,17). The molecule has 0 aliphatic heterocycles. The zero-order valence-corrected chi connectivity index (χ0v) is 12.2. The SMILES string of the molecule is Cc1cc(C(=N)N)ccc1CN(C)CC(C)(C)C. The third-order valence-corrected chi connectivity index (χ3v) is 2.84. The van der Waals surface area contributed by atoms with Crippen LogP contribution in [0.25, 0.3) is 0 Å². The van der Waals surface area contributed by atoms with Crippen LogP contribution < -0.4 is 5.73 Å². The summed E-state index contributed by atoms with van der Waals surface area (Å²) in [5.74, 6) is 0.132. The number of amidine groups is 1. The van der Waals surface area contributed by atoms with Gasteiger partial charge in [-0.3, -0.25) is 5.41 Å². The molecule has 0 amide bonds. The topological polar surface area (TPSA) is 53.1 Å². The highest BCUT2D eigenvalue weighted by molar-refractivity contribution is 5.95. The highest BCUT2D eigenvalue weighted by atomic mass is 15.1. The summed E-state index contributed by atoms with van der Waals surface area (Å²) in [5, 5.41) is 7.43. The lowest BCUT2D eigenvalue weighted by Crippen LogP contribution is -2.29. The predicted molar refractivity (Wildman–Crippen MR) is 78.0 cm³/mol. The number of nitrogens with one attached hydrogen (secondary N) is 1. The molecule has 0 aliphatic rings. The van der Waals surface area contributed by atoms with Gasteiger partial charge in [0, 0.05) is 18.7 Å². The van der Waals surface area contributed by atoms with Crippen LogP contribution in [0.15, 0.2) is 18.2 Å². The summed E-state index contributed by atoms with van der Waals surface area (Å²) in [5.41, 5.74) is 9.09. The molecule has 0 atom stereocenters. The van der Waals surface area contributed by atoms with E-state index in [1.165, 1.54) is 11.1 Å². The molecule has 3 nitrogen and oxygen atoms in total. The van der Waals surface area contributed by atoms with E-state index in [0.717, 1.165) is 18.7 Å². The number of nitrogens with two attached hydrogens (primary N) is 1. The van der Waals surface area contributed by atoms with Gasteiger partial charge in [-0.2, -0.15) is 0 Å². The minimum absolute atomic E-state index is 0.132. The third kappa shape index (κ3) is 4.49. The second kappa shape index (κ2) is 5.53. The quantitative estimate of drug-likeness (QED) is 0.635. The van der Waals surface area contributed by atoms with Crippen LogP contribution in [0.2, 0.25) is 0 Å². The van der Waals surface area contributed by atoms with Gasteiger partial charge in [-0.15, -0.1) is 0 Å². The fourth-order valence-electron chi connectivity index (χ4n) is 2.20. The van der Waals surface area contributed by atoms with Gasteiger partial charge in [0.05, 0.1) is 0 Å². The normalized spacial score (nSPS) is 11.9. The van der Waals surface area contributed by atoms with Crippen LogP contribution >= 0.6 is 0 Å². The van der Waals surface area contributed by atoms with Crippen molar-refractivity contribution in [2.24, 2.45) is 11.1 Å². The fraction of sp³-hybridized carbons (Fsp3) is 0.533. The first kappa shape index (κ1) is 14.7. The Balaban J connectivity index is 2.77. The largest absolute Gasteiger partial charge is 0.384 e. The summed E-state index contributed by atoms with van der Waals surface area (Å²) in [6.07, 6.45) is 0. The Hall–Kier alpha value is -1.35. The number of nitrogen functional groups attached to an aromatic ring is 1. The number of aryl methyl sites for hydroxylation is 1. The zero-order chi connectivity index (χ0) is 13.9. The van der Waals surface area contributed by atoms with Gasteiger partial charge < -0.3 is 10.6 Å². The average Bonchev–Trinajstić information content (AvgIpc) is 2.17. The molecule has 0 radical (unpaired) electrons. The molecule has 0 saturated carbocycles. The van der Waals surface area contributed by atoms with Crippen LogP contribution in [0.5, 0.6) is 0 Å². The highest BCUT2D eigenvalue weighted by Gasteiger charge is 2.14. The lowest BCUT2D eigenvalue weighted by molar-refractivity contribution is 0.220. The van der Waals surface area contributed by atoms with E-state index in [9.17, 15) is 0 Å². The summed E-state index contributed by atoms with van der Waals surface area (Å²) < 4.78 is 0. The lowest BCUT2D eigenvalue weighted by Gasteiger charge is -2.27. The van der Waals surface area contributed by atoms with E-state index in [0.29, 0.717) is 5.41 Å². The maximum absolute atomic E-state index is 7.43. The van der Waals surface area contributed by atoms with E-state index < -0.39 is 0 Å². The van der Waals surface area contributed by atoms with Gasteiger partial charge in [0.15, 0.2) is 0 Å². The molecule has 1 aromatic rings. The van der Waals surface area contributed by atoms with Crippen molar-refractivity contribution < 1.29 is 0 Å². The first-order valence-corrected chi connectivity index (χ1v) is 6.31. The maximum atomic E-state index is 7.43. The summed E-state index contributed by atoms with van der Waals surface area (Å²) in [6, 6.07) is 5.99. The maximum Gasteiger partial charge on any atom is 0.122 e. The molecule has 0 spiro atoms. The molecule has 0 fully saturated rings. The van der Waals surface area contributed by atoms with Crippen LogP contribution in [0.3, 0.4) is 0 Å². The monoisotopic (exact) mass is 247 g/mol. The van der Waals surface area contributed by atoms with Gasteiger partial charge in [0.1, 0.15) is 5.84 Å². The number of rotatable bonds is 4. The smallest absolute Gasteiger partial charge is 0.122 e. The van der Waals surface area contributed by atoms with E-state index in [4.69, 9.17) is 11.1 Å². The Morgan fingerprint density at radius 1 is 1.33 bits per heavy atom. The molecule has 1 aromatic carbocycles. The minimum Gasteiger partial charge on any atom is -0.384 e. The third-order valence-electron chi connectivity index (χ3n) is 2.84. The van der Waals surface area contributed by atoms with Gasteiger partial charge in [-0.1, -0.05) is 32.9 Å². The second-order valence-corrected chi connectivity index (χ2v) is 6.29. The van der Waals surface area contributed by atoms with Crippen molar-refractivity contribution in [2.45, 2.75) is 34.2 Å². The molecule has 0 saturated heterocycles. The van der Waals surface area contributed by atoms with Gasteiger partial charge in [-0.25, -0.2) is 0 Å². The molecule has 0 bridgehead atoms. The summed E-state index contributed by atoms with van der Waals surface area (Å²) in [6.45, 7) is 10.8. The van der Waals surface area contributed by atoms with Crippen LogP contribution in [-0.4, -0.2) is 24.3 Å². The van der Waals surface area contributed by atoms with Crippen LogP contribution in [-0.2, 0) is 6.54 Å². The van der Waals surface area contributed by atoms with Crippen molar-refractivity contribution >= 4 is 5.84 Å². The zero-order valence-electron chi connectivity index (χ0n) is 12.2. The minimum atomic E-state index is 0.132. The molecule has 0 unspecified atom stereocenters. The number of nitrogens with zero attached hydrogens (tertiary/aromatic N) is 1. The van der Waals surface area contributed by atoms with Crippen molar-refractivity contribution in [3.05, 3.63) is 34.9 Å². The molecule has 1 rings (SSSR count). The van der Waals surface area contributed by atoms with E-state index in [-0.39, 0.29) is 5.84 Å². The molecule has 3 N–H and O–H groups in total. The Morgan fingerprint density at radius 2 is 1.94 bits per heavy atom. The Bertz CT molecular complexity index is 430. The molecule has 0 aliphatic carbocycles. The van der Waals surface area contributed by atoms with Crippen LogP contribution in [0, 0.1) is 17.7 Å². The van der Waals surface area contributed by atoms with E-state index in [1.54, 1.807) is 0 Å². The summed E-state index contributed by atoms with van der Waals surface area (Å²) in [7, 11) is 2.14. The molecule has 0 heterocycles. The van der Waals surface area contributed by atoms with Crippen molar-refractivity contribution in [3.8, 4) is 0 Å². The van der Waals surface area contributed by atoms with Gasteiger partial charge in [-0.05, 0) is 36.6 Å². The predicted octanol–water partition coefficient (Wildman–Crippen LogP) is 2.76. The Labute approximate surface area is 111 Å². The molecule has 3 heteroatoms. The average molecular weight is 247 g/mol. The first-order valence-electron chi connectivity index (χ1n) is 6.31. The summed E-state index contributed by atoms with van der Waals surface area (Å²) in [4.78, 5) is 2.33. The molecule has 100 valence electrons. The molecular weight excluding hydrogens is 222 g/mol. The lowest BCUT2D eigenvalue weighted by atomic mass is 9.95. The van der Waals surface area contributed by atoms with Crippen LogP contribution in [0.1, 0.15) is 37.5 Å². The van der Waals surface area contributed by atoms with Gasteiger partial charge in [0.25, 0.3) is 0 Å².